The molecule has 112 valence electrons. The largest absolute Gasteiger partial charge is 0.376 e. The minimum atomic E-state index is 0.114. The number of imidazole rings is 1. The third-order valence-electron chi connectivity index (χ3n) is 4.41. The Hall–Kier alpha value is -1.46. The molecule has 5 nitrogen and oxygen atoms in total. The molecule has 0 spiro atoms. The van der Waals surface area contributed by atoms with E-state index in [1.165, 1.54) is 12.8 Å². The van der Waals surface area contributed by atoms with Crippen molar-refractivity contribution < 1.29 is 9.47 Å². The molecule has 2 aromatic rings. The topological polar surface area (TPSA) is 49.2 Å². The maximum atomic E-state index is 5.90. The van der Waals surface area contributed by atoms with E-state index in [1.54, 1.807) is 0 Å². The molecule has 4 heterocycles. The van der Waals surface area contributed by atoms with Crippen LogP contribution in [0.3, 0.4) is 0 Å². The Morgan fingerprint density at radius 2 is 2.10 bits per heavy atom. The van der Waals surface area contributed by atoms with E-state index in [0.29, 0.717) is 0 Å². The van der Waals surface area contributed by atoms with E-state index in [2.05, 4.69) is 9.55 Å². The number of aromatic nitrogens is 3. The molecule has 0 radical (unpaired) electrons. The average Bonchev–Trinajstić information content (AvgIpc) is 3.16. The minimum absolute atomic E-state index is 0.114. The Kier molecular flexibility index (Phi) is 3.61. The number of pyridine rings is 1. The molecule has 2 atom stereocenters. The van der Waals surface area contributed by atoms with Gasteiger partial charge in [0.05, 0.1) is 12.6 Å². The van der Waals surface area contributed by atoms with Crippen LogP contribution < -0.4 is 0 Å². The Morgan fingerprint density at radius 3 is 2.90 bits per heavy atom. The highest BCUT2D eigenvalue weighted by Gasteiger charge is 2.26. The van der Waals surface area contributed by atoms with Crippen molar-refractivity contribution in [2.24, 2.45) is 0 Å². The Bertz CT molecular complexity index is 613. The third kappa shape index (κ3) is 2.56. The molecule has 0 N–H and O–H groups in total. The SMILES string of the molecule is c1cnc2c(c1)nc(C1CCCO1)n2CC1CCCCO1. The van der Waals surface area contributed by atoms with Gasteiger partial charge in [-0.3, -0.25) is 0 Å². The molecule has 2 fully saturated rings. The normalized spacial score (nSPS) is 26.5. The smallest absolute Gasteiger partial charge is 0.160 e. The predicted octanol–water partition coefficient (Wildman–Crippen LogP) is 2.85. The quantitative estimate of drug-likeness (QED) is 0.871. The van der Waals surface area contributed by atoms with Gasteiger partial charge in [0, 0.05) is 19.4 Å². The lowest BCUT2D eigenvalue weighted by molar-refractivity contribution is 0.00443. The average molecular weight is 287 g/mol. The zero-order valence-electron chi connectivity index (χ0n) is 12.2. The second-order valence-electron chi connectivity index (χ2n) is 5.92. The van der Waals surface area contributed by atoms with Crippen molar-refractivity contribution in [2.45, 2.75) is 50.9 Å². The molecule has 2 unspecified atom stereocenters. The Labute approximate surface area is 124 Å². The summed E-state index contributed by atoms with van der Waals surface area (Å²) in [5.74, 6) is 1.02. The summed E-state index contributed by atoms with van der Waals surface area (Å²) in [6, 6.07) is 3.97. The van der Waals surface area contributed by atoms with Crippen molar-refractivity contribution in [1.82, 2.24) is 14.5 Å². The van der Waals surface area contributed by atoms with Crippen molar-refractivity contribution in [1.29, 1.82) is 0 Å². The highest BCUT2D eigenvalue weighted by molar-refractivity contribution is 5.71. The first-order valence-electron chi connectivity index (χ1n) is 7.96. The summed E-state index contributed by atoms with van der Waals surface area (Å²) in [7, 11) is 0. The van der Waals surface area contributed by atoms with Crippen LogP contribution in [-0.4, -0.2) is 33.9 Å². The highest BCUT2D eigenvalue weighted by atomic mass is 16.5. The van der Waals surface area contributed by atoms with Crippen LogP contribution in [0.25, 0.3) is 11.2 Å². The van der Waals surface area contributed by atoms with Crippen molar-refractivity contribution in [2.75, 3.05) is 13.2 Å². The maximum Gasteiger partial charge on any atom is 0.160 e. The van der Waals surface area contributed by atoms with Gasteiger partial charge < -0.3 is 14.0 Å². The lowest BCUT2D eigenvalue weighted by Gasteiger charge is -2.24. The van der Waals surface area contributed by atoms with Gasteiger partial charge in [0.1, 0.15) is 17.4 Å². The fourth-order valence-electron chi connectivity index (χ4n) is 3.34. The monoisotopic (exact) mass is 287 g/mol. The Morgan fingerprint density at radius 1 is 1.14 bits per heavy atom. The van der Waals surface area contributed by atoms with Crippen LogP contribution in [0.1, 0.15) is 44.0 Å². The van der Waals surface area contributed by atoms with E-state index < -0.39 is 0 Å². The summed E-state index contributed by atoms with van der Waals surface area (Å²) in [5.41, 5.74) is 1.91. The van der Waals surface area contributed by atoms with Gasteiger partial charge in [-0.25, -0.2) is 9.97 Å². The predicted molar refractivity (Wildman–Crippen MR) is 79.0 cm³/mol. The molecule has 2 saturated heterocycles. The minimum Gasteiger partial charge on any atom is -0.376 e. The van der Waals surface area contributed by atoms with Crippen molar-refractivity contribution in [3.63, 3.8) is 0 Å². The van der Waals surface area contributed by atoms with E-state index in [9.17, 15) is 0 Å². The summed E-state index contributed by atoms with van der Waals surface area (Å²) in [4.78, 5) is 9.31. The standard InChI is InChI=1S/C16H21N3O2/c1-2-9-20-12(5-1)11-19-15-13(6-3-8-17-15)18-16(19)14-7-4-10-21-14/h3,6,8,12,14H,1-2,4-5,7,9-11H2. The fourth-order valence-corrected chi connectivity index (χ4v) is 3.34. The summed E-state index contributed by atoms with van der Waals surface area (Å²) in [5, 5.41) is 0. The fraction of sp³-hybridized carbons (Fsp3) is 0.625. The van der Waals surface area contributed by atoms with Gasteiger partial charge in [0.15, 0.2) is 5.65 Å². The van der Waals surface area contributed by atoms with E-state index in [-0.39, 0.29) is 12.2 Å². The highest BCUT2D eigenvalue weighted by Crippen LogP contribution is 2.30. The molecule has 0 bridgehead atoms. The van der Waals surface area contributed by atoms with Gasteiger partial charge in [-0.05, 0) is 44.2 Å². The van der Waals surface area contributed by atoms with Gasteiger partial charge in [0.2, 0.25) is 0 Å². The molecule has 2 aliphatic rings. The second kappa shape index (κ2) is 5.73. The van der Waals surface area contributed by atoms with Crippen molar-refractivity contribution in [3.8, 4) is 0 Å². The summed E-state index contributed by atoms with van der Waals surface area (Å²) in [6.45, 7) is 2.55. The molecule has 2 aromatic heterocycles. The van der Waals surface area contributed by atoms with Crippen LogP contribution in [0.2, 0.25) is 0 Å². The summed E-state index contributed by atoms with van der Waals surface area (Å²) < 4.78 is 14.0. The summed E-state index contributed by atoms with van der Waals surface area (Å²) in [6.07, 6.45) is 7.94. The maximum absolute atomic E-state index is 5.90. The van der Waals surface area contributed by atoms with Gasteiger partial charge in [-0.2, -0.15) is 0 Å². The van der Waals surface area contributed by atoms with E-state index in [4.69, 9.17) is 14.5 Å². The van der Waals surface area contributed by atoms with E-state index in [1.807, 2.05) is 18.3 Å². The molecule has 0 aromatic carbocycles. The first kappa shape index (κ1) is 13.2. The molecule has 0 aliphatic carbocycles. The van der Waals surface area contributed by atoms with Crippen molar-refractivity contribution >= 4 is 11.2 Å². The van der Waals surface area contributed by atoms with E-state index >= 15 is 0 Å². The van der Waals surface area contributed by atoms with Crippen LogP contribution in [0.4, 0.5) is 0 Å². The molecule has 2 aliphatic heterocycles. The summed E-state index contributed by atoms with van der Waals surface area (Å²) >= 11 is 0. The zero-order valence-corrected chi connectivity index (χ0v) is 12.2. The van der Waals surface area contributed by atoms with E-state index in [0.717, 1.165) is 56.0 Å². The molecule has 21 heavy (non-hydrogen) atoms. The first-order valence-corrected chi connectivity index (χ1v) is 7.96. The number of rotatable bonds is 3. The lowest BCUT2D eigenvalue weighted by atomic mass is 10.1. The Balaban J connectivity index is 1.70. The van der Waals surface area contributed by atoms with Gasteiger partial charge in [0.25, 0.3) is 0 Å². The number of ether oxygens (including phenoxy) is 2. The van der Waals surface area contributed by atoms with Crippen LogP contribution in [0.15, 0.2) is 18.3 Å². The number of hydrogen-bond donors (Lipinski definition) is 0. The number of fused-ring (bicyclic) bond motifs is 1. The van der Waals surface area contributed by atoms with Crippen LogP contribution >= 0.6 is 0 Å². The molecule has 4 rings (SSSR count). The molecular formula is C16H21N3O2. The first-order chi connectivity index (χ1) is 10.4. The molecule has 0 saturated carbocycles. The van der Waals surface area contributed by atoms with Crippen LogP contribution in [0.5, 0.6) is 0 Å². The van der Waals surface area contributed by atoms with Crippen LogP contribution in [0, 0.1) is 0 Å². The van der Waals surface area contributed by atoms with Gasteiger partial charge in [-0.15, -0.1) is 0 Å². The number of hydrogen-bond acceptors (Lipinski definition) is 4. The second-order valence-corrected chi connectivity index (χ2v) is 5.92. The lowest BCUT2D eigenvalue weighted by Crippen LogP contribution is -2.26. The van der Waals surface area contributed by atoms with Crippen molar-refractivity contribution in [3.05, 3.63) is 24.2 Å². The van der Waals surface area contributed by atoms with Crippen LogP contribution in [-0.2, 0) is 16.0 Å². The van der Waals surface area contributed by atoms with Gasteiger partial charge in [-0.1, -0.05) is 0 Å². The zero-order chi connectivity index (χ0) is 14.1. The number of nitrogens with zero attached hydrogens (tertiary/aromatic N) is 3. The third-order valence-corrected chi connectivity index (χ3v) is 4.41. The molecular weight excluding hydrogens is 266 g/mol. The molecule has 5 heteroatoms. The van der Waals surface area contributed by atoms with Gasteiger partial charge >= 0.3 is 0 Å². The molecule has 0 amide bonds.